The lowest BCUT2D eigenvalue weighted by atomic mass is 9.80. The first-order valence-corrected chi connectivity index (χ1v) is 5.84. The van der Waals surface area contributed by atoms with Crippen molar-refractivity contribution in [2.24, 2.45) is 5.41 Å². The van der Waals surface area contributed by atoms with Crippen LogP contribution in [0.1, 0.15) is 24.2 Å². The van der Waals surface area contributed by atoms with Gasteiger partial charge in [-0.15, -0.1) is 0 Å². The zero-order valence-corrected chi connectivity index (χ0v) is 11.3. The molecule has 0 unspecified atom stereocenters. The van der Waals surface area contributed by atoms with Gasteiger partial charge in [0, 0.05) is 25.9 Å². The fourth-order valence-electron chi connectivity index (χ4n) is 1.49. The Hall–Kier alpha value is -1.90. The quantitative estimate of drug-likeness (QED) is 0.454. The van der Waals surface area contributed by atoms with Gasteiger partial charge in [-0.3, -0.25) is 9.59 Å². The number of nitrogens with zero attached hydrogens (tertiary/aromatic N) is 1. The molecule has 0 aliphatic carbocycles. The van der Waals surface area contributed by atoms with E-state index in [1.165, 1.54) is 6.08 Å². The van der Waals surface area contributed by atoms with Crippen LogP contribution in [-0.2, 0) is 4.79 Å². The van der Waals surface area contributed by atoms with Crippen molar-refractivity contribution < 1.29 is 9.59 Å². The van der Waals surface area contributed by atoms with E-state index in [2.05, 4.69) is 0 Å². The lowest BCUT2D eigenvalue weighted by molar-refractivity contribution is -0.120. The number of hydrogen-bond donors (Lipinski definition) is 0. The van der Waals surface area contributed by atoms with E-state index in [9.17, 15) is 9.59 Å². The molecule has 0 aliphatic heterocycles. The Morgan fingerprint density at radius 2 is 1.67 bits per heavy atom. The summed E-state index contributed by atoms with van der Waals surface area (Å²) < 4.78 is 0. The molecule has 0 N–H and O–H groups in total. The van der Waals surface area contributed by atoms with Gasteiger partial charge < -0.3 is 4.90 Å². The SMILES string of the molecule is CN(C)/C=C/C(=O)C(C)(C)C(=O)c1ccccc1. The van der Waals surface area contributed by atoms with E-state index in [-0.39, 0.29) is 11.6 Å². The minimum atomic E-state index is -1.03. The Kier molecular flexibility index (Phi) is 4.43. The molecule has 0 radical (unpaired) electrons. The maximum absolute atomic E-state index is 12.3. The average Bonchev–Trinajstić information content (AvgIpc) is 2.35. The summed E-state index contributed by atoms with van der Waals surface area (Å²) in [5.41, 5.74) is -0.470. The number of hydrogen-bond acceptors (Lipinski definition) is 3. The van der Waals surface area contributed by atoms with E-state index in [0.29, 0.717) is 5.56 Å². The molecule has 0 fully saturated rings. The van der Waals surface area contributed by atoms with Crippen molar-refractivity contribution >= 4 is 11.6 Å². The highest BCUT2D eigenvalue weighted by Gasteiger charge is 2.34. The number of Topliss-reactive ketones (excluding diaryl/α,β-unsaturated/α-hetero) is 1. The molecular formula is C15H19NO2. The second-order valence-corrected chi connectivity index (χ2v) is 4.96. The molecule has 0 amide bonds. The third-order valence-corrected chi connectivity index (χ3v) is 2.74. The summed E-state index contributed by atoms with van der Waals surface area (Å²) in [4.78, 5) is 26.1. The van der Waals surface area contributed by atoms with E-state index >= 15 is 0 Å². The first-order valence-electron chi connectivity index (χ1n) is 5.84. The van der Waals surface area contributed by atoms with E-state index in [4.69, 9.17) is 0 Å². The van der Waals surface area contributed by atoms with Crippen molar-refractivity contribution in [2.75, 3.05) is 14.1 Å². The summed E-state index contributed by atoms with van der Waals surface area (Å²) in [5.74, 6) is -0.346. The van der Waals surface area contributed by atoms with Crippen molar-refractivity contribution in [3.63, 3.8) is 0 Å². The van der Waals surface area contributed by atoms with Crippen LogP contribution in [0.25, 0.3) is 0 Å². The number of ketones is 2. The standard InChI is InChI=1S/C15H19NO2/c1-15(2,13(17)10-11-16(3)4)14(18)12-8-6-5-7-9-12/h5-11H,1-4H3/b11-10+. The van der Waals surface area contributed by atoms with Gasteiger partial charge in [-0.25, -0.2) is 0 Å². The van der Waals surface area contributed by atoms with Crippen LogP contribution < -0.4 is 0 Å². The van der Waals surface area contributed by atoms with Crippen LogP contribution in [0.4, 0.5) is 0 Å². The summed E-state index contributed by atoms with van der Waals surface area (Å²) >= 11 is 0. The van der Waals surface area contributed by atoms with E-state index in [1.807, 2.05) is 20.2 Å². The summed E-state index contributed by atoms with van der Waals surface area (Å²) in [6, 6.07) is 8.89. The number of allylic oxidation sites excluding steroid dienone is 1. The summed E-state index contributed by atoms with van der Waals surface area (Å²) in [5, 5.41) is 0. The molecule has 0 heterocycles. The second-order valence-electron chi connectivity index (χ2n) is 4.96. The van der Waals surface area contributed by atoms with Gasteiger partial charge in [0.1, 0.15) is 0 Å². The molecule has 3 nitrogen and oxygen atoms in total. The highest BCUT2D eigenvalue weighted by atomic mass is 16.2. The summed E-state index contributed by atoms with van der Waals surface area (Å²) in [6.45, 7) is 3.31. The van der Waals surface area contributed by atoms with Crippen molar-refractivity contribution in [3.8, 4) is 0 Å². The van der Waals surface area contributed by atoms with Gasteiger partial charge in [-0.1, -0.05) is 30.3 Å². The molecule has 0 saturated carbocycles. The number of carbonyl (C=O) groups excluding carboxylic acids is 2. The molecule has 1 rings (SSSR count). The highest BCUT2D eigenvalue weighted by molar-refractivity contribution is 6.17. The Morgan fingerprint density at radius 1 is 1.11 bits per heavy atom. The second kappa shape index (κ2) is 5.63. The predicted octanol–water partition coefficient (Wildman–Crippen LogP) is 2.54. The molecule has 1 aromatic carbocycles. The van der Waals surface area contributed by atoms with Crippen molar-refractivity contribution in [1.29, 1.82) is 0 Å². The van der Waals surface area contributed by atoms with Gasteiger partial charge >= 0.3 is 0 Å². The number of benzene rings is 1. The van der Waals surface area contributed by atoms with Gasteiger partial charge in [0.15, 0.2) is 11.6 Å². The zero-order valence-electron chi connectivity index (χ0n) is 11.3. The van der Waals surface area contributed by atoms with Gasteiger partial charge in [-0.05, 0) is 19.9 Å². The minimum absolute atomic E-state index is 0.156. The Balaban J connectivity index is 2.93. The van der Waals surface area contributed by atoms with Gasteiger partial charge in [0.2, 0.25) is 0 Å². The molecule has 96 valence electrons. The van der Waals surface area contributed by atoms with Crippen LogP contribution in [0.2, 0.25) is 0 Å². The Bertz CT molecular complexity index is 459. The van der Waals surface area contributed by atoms with E-state index in [1.54, 1.807) is 49.2 Å². The minimum Gasteiger partial charge on any atom is -0.383 e. The van der Waals surface area contributed by atoms with Crippen LogP contribution >= 0.6 is 0 Å². The summed E-state index contributed by atoms with van der Waals surface area (Å²) in [6.07, 6.45) is 3.10. The molecule has 0 atom stereocenters. The molecule has 3 heteroatoms. The third kappa shape index (κ3) is 3.29. The van der Waals surface area contributed by atoms with Crippen LogP contribution in [0, 0.1) is 5.41 Å². The Labute approximate surface area is 108 Å². The molecule has 1 aromatic rings. The maximum atomic E-state index is 12.3. The first kappa shape index (κ1) is 14.2. The molecule has 0 bridgehead atoms. The monoisotopic (exact) mass is 245 g/mol. The normalized spacial score (nSPS) is 11.6. The predicted molar refractivity (Wildman–Crippen MR) is 72.4 cm³/mol. The van der Waals surface area contributed by atoms with Crippen molar-refractivity contribution in [1.82, 2.24) is 4.90 Å². The molecule has 0 spiro atoms. The lowest BCUT2D eigenvalue weighted by Gasteiger charge is -2.20. The molecular weight excluding hydrogens is 226 g/mol. The van der Waals surface area contributed by atoms with Crippen LogP contribution in [0.15, 0.2) is 42.6 Å². The van der Waals surface area contributed by atoms with E-state index in [0.717, 1.165) is 0 Å². The Morgan fingerprint density at radius 3 is 2.17 bits per heavy atom. The largest absolute Gasteiger partial charge is 0.383 e. The van der Waals surface area contributed by atoms with Crippen LogP contribution in [0.3, 0.4) is 0 Å². The fraction of sp³-hybridized carbons (Fsp3) is 0.333. The number of rotatable bonds is 5. The molecule has 0 aliphatic rings. The third-order valence-electron chi connectivity index (χ3n) is 2.74. The smallest absolute Gasteiger partial charge is 0.176 e. The molecule has 0 saturated heterocycles. The van der Waals surface area contributed by atoms with Crippen LogP contribution in [-0.4, -0.2) is 30.6 Å². The van der Waals surface area contributed by atoms with Crippen molar-refractivity contribution in [2.45, 2.75) is 13.8 Å². The fourth-order valence-corrected chi connectivity index (χ4v) is 1.49. The van der Waals surface area contributed by atoms with Gasteiger partial charge in [-0.2, -0.15) is 0 Å². The van der Waals surface area contributed by atoms with Gasteiger partial charge in [0.05, 0.1) is 5.41 Å². The molecule has 0 aromatic heterocycles. The van der Waals surface area contributed by atoms with Crippen LogP contribution in [0.5, 0.6) is 0 Å². The number of carbonyl (C=O) groups is 2. The van der Waals surface area contributed by atoms with Gasteiger partial charge in [0.25, 0.3) is 0 Å². The molecule has 18 heavy (non-hydrogen) atoms. The lowest BCUT2D eigenvalue weighted by Crippen LogP contribution is -2.32. The summed E-state index contributed by atoms with van der Waals surface area (Å²) in [7, 11) is 3.66. The first-order chi connectivity index (χ1) is 8.35. The zero-order chi connectivity index (χ0) is 13.8. The highest BCUT2D eigenvalue weighted by Crippen LogP contribution is 2.23. The topological polar surface area (TPSA) is 37.4 Å². The van der Waals surface area contributed by atoms with Crippen molar-refractivity contribution in [3.05, 3.63) is 48.2 Å². The average molecular weight is 245 g/mol. The maximum Gasteiger partial charge on any atom is 0.176 e. The van der Waals surface area contributed by atoms with E-state index < -0.39 is 5.41 Å².